The number of hydrogen-bond donors (Lipinski definition) is 1. The fraction of sp³-hybridized carbons (Fsp3) is 0.531. The first-order valence-electron chi connectivity index (χ1n) is 15.4. The highest BCUT2D eigenvalue weighted by Gasteiger charge is 2.44. The Labute approximate surface area is 272 Å². The number of carboxylic acids is 1. The summed E-state index contributed by atoms with van der Waals surface area (Å²) in [7, 11) is 1.81. The van der Waals surface area contributed by atoms with E-state index in [4.69, 9.17) is 19.4 Å². The van der Waals surface area contributed by atoms with E-state index in [1.807, 2.05) is 11.9 Å². The number of aliphatic carboxylic acids is 1. The first kappa shape index (κ1) is 35.0. The van der Waals surface area contributed by atoms with Crippen LogP contribution in [0, 0.1) is 25.7 Å². The van der Waals surface area contributed by atoms with E-state index >= 15 is 0 Å². The lowest BCUT2D eigenvalue weighted by atomic mass is 9.80. The zero-order valence-electron chi connectivity index (χ0n) is 26.7. The molecule has 10 nitrogen and oxygen atoms in total. The van der Waals surface area contributed by atoms with Gasteiger partial charge in [-0.2, -0.15) is 26.3 Å². The number of rotatable bonds is 9. The number of amides is 1. The summed E-state index contributed by atoms with van der Waals surface area (Å²) in [6, 6.07) is 0.179. The van der Waals surface area contributed by atoms with Crippen molar-refractivity contribution in [2.24, 2.45) is 11.8 Å². The van der Waals surface area contributed by atoms with Gasteiger partial charge in [-0.05, 0) is 82.1 Å². The van der Waals surface area contributed by atoms with Gasteiger partial charge in [0.2, 0.25) is 0 Å². The molecule has 1 amide bonds. The van der Waals surface area contributed by atoms with E-state index in [-0.39, 0.29) is 30.9 Å². The van der Waals surface area contributed by atoms with Crippen LogP contribution in [0.25, 0.3) is 11.3 Å². The fourth-order valence-corrected chi connectivity index (χ4v) is 6.62. The van der Waals surface area contributed by atoms with Crippen molar-refractivity contribution in [1.29, 1.82) is 0 Å². The van der Waals surface area contributed by atoms with Gasteiger partial charge in [-0.1, -0.05) is 5.16 Å². The first-order chi connectivity index (χ1) is 22.4. The van der Waals surface area contributed by atoms with Crippen LogP contribution < -0.4 is 4.90 Å². The van der Waals surface area contributed by atoms with E-state index < -0.39 is 53.3 Å². The van der Waals surface area contributed by atoms with Crippen LogP contribution in [-0.4, -0.2) is 56.8 Å². The molecular formula is C32H35F6N5O5. The molecule has 1 aliphatic carbocycles. The lowest BCUT2D eigenvalue weighted by molar-refractivity contribution is -0.143. The summed E-state index contributed by atoms with van der Waals surface area (Å²) in [4.78, 5) is 36.9. The minimum atomic E-state index is -5.06. The van der Waals surface area contributed by atoms with Gasteiger partial charge in [0.25, 0.3) is 0 Å². The quantitative estimate of drug-likeness (QED) is 0.228. The van der Waals surface area contributed by atoms with E-state index in [2.05, 4.69) is 10.1 Å². The summed E-state index contributed by atoms with van der Waals surface area (Å²) >= 11 is 0. The molecule has 0 spiro atoms. The molecule has 260 valence electrons. The zero-order valence-corrected chi connectivity index (χ0v) is 26.7. The Morgan fingerprint density at radius 3 is 2.17 bits per heavy atom. The van der Waals surface area contributed by atoms with Crippen LogP contribution in [0.2, 0.25) is 0 Å². The monoisotopic (exact) mass is 683 g/mol. The van der Waals surface area contributed by atoms with Crippen molar-refractivity contribution in [1.82, 2.24) is 20.0 Å². The van der Waals surface area contributed by atoms with Crippen molar-refractivity contribution in [3.05, 3.63) is 58.2 Å². The Hall–Kier alpha value is -4.37. The van der Waals surface area contributed by atoms with Crippen molar-refractivity contribution in [3.8, 4) is 11.3 Å². The second-order valence-electron chi connectivity index (χ2n) is 12.6. The highest BCUT2D eigenvalue weighted by molar-refractivity contribution is 5.72. The summed E-state index contributed by atoms with van der Waals surface area (Å²) in [5.41, 5.74) is -1.59. The van der Waals surface area contributed by atoms with Gasteiger partial charge in [-0.15, -0.1) is 0 Å². The Bertz CT molecular complexity index is 1620. The number of aromatic nitrogens is 3. The summed E-state index contributed by atoms with van der Waals surface area (Å²) in [6.45, 7) is 5.25. The molecule has 2 aromatic heterocycles. The van der Waals surface area contributed by atoms with E-state index in [1.54, 1.807) is 20.0 Å². The molecule has 5 rings (SSSR count). The number of cyclic esters (lactones) is 1. The highest BCUT2D eigenvalue weighted by atomic mass is 19.4. The topological polar surface area (TPSA) is 122 Å². The number of alkyl halides is 6. The zero-order chi connectivity index (χ0) is 35.1. The Morgan fingerprint density at radius 2 is 1.62 bits per heavy atom. The molecule has 1 saturated carbocycles. The number of benzene rings is 1. The van der Waals surface area contributed by atoms with Crippen LogP contribution in [-0.2, 0) is 28.4 Å². The average molecular weight is 684 g/mol. The molecule has 2 fully saturated rings. The standard InChI is InChI=1S/C32H35F6N5O5/c1-16-27(18(3)48-41-16)24-13-39-29(42(4)14-20-7-5-19(6-8-20)9-26(44)45)25(40-24)15-43-17(2)28(47-30(43)46)21-10-22(31(33,34)35)12-23(11-21)32(36,37)38/h10-13,17,19-20,28H,5-9,14-15H2,1-4H3,(H,44,45)/t17-,19-,20-,28?/m0/s1. The minimum absolute atomic E-state index is 0.0270. The molecule has 3 heterocycles. The van der Waals surface area contributed by atoms with E-state index in [0.29, 0.717) is 52.9 Å². The van der Waals surface area contributed by atoms with Crippen LogP contribution in [0.1, 0.15) is 79.0 Å². The molecule has 16 heteroatoms. The van der Waals surface area contributed by atoms with Crippen LogP contribution in [0.15, 0.2) is 28.9 Å². The molecule has 1 saturated heterocycles. The number of ether oxygens (including phenoxy) is 1. The molecule has 2 atom stereocenters. The van der Waals surface area contributed by atoms with Gasteiger partial charge in [0.15, 0.2) is 5.82 Å². The van der Waals surface area contributed by atoms with Crippen LogP contribution in [0.5, 0.6) is 0 Å². The Kier molecular flexibility index (Phi) is 9.66. The van der Waals surface area contributed by atoms with Crippen LogP contribution >= 0.6 is 0 Å². The summed E-state index contributed by atoms with van der Waals surface area (Å²) in [5.74, 6) is 0.430. The largest absolute Gasteiger partial charge is 0.481 e. The molecule has 3 aromatic rings. The Balaban J connectivity index is 1.45. The van der Waals surface area contributed by atoms with Crippen LogP contribution in [0.4, 0.5) is 37.0 Å². The molecule has 2 aliphatic rings. The molecule has 1 aliphatic heterocycles. The van der Waals surface area contributed by atoms with Crippen molar-refractivity contribution in [2.45, 2.75) is 83.9 Å². The number of hydrogen-bond acceptors (Lipinski definition) is 8. The van der Waals surface area contributed by atoms with Crippen molar-refractivity contribution >= 4 is 17.9 Å². The number of aryl methyl sites for hydroxylation is 2. The second-order valence-corrected chi connectivity index (χ2v) is 12.6. The SMILES string of the molecule is Cc1noc(C)c1-c1cnc(N(C)C[C@H]2CC[C@H](CC(=O)O)CC2)c(CN2C(=O)OC(c3cc(C(F)(F)F)cc(C(F)(F)F)c3)[C@@H]2C)n1. The number of carbonyl (C=O) groups is 2. The van der Waals surface area contributed by atoms with Gasteiger partial charge in [-0.25, -0.2) is 14.8 Å². The third-order valence-corrected chi connectivity index (χ3v) is 9.09. The number of carbonyl (C=O) groups excluding carboxylic acids is 1. The van der Waals surface area contributed by atoms with Gasteiger partial charge >= 0.3 is 24.4 Å². The molecule has 0 bridgehead atoms. The lowest BCUT2D eigenvalue weighted by Gasteiger charge is -2.32. The second kappa shape index (κ2) is 13.3. The summed E-state index contributed by atoms with van der Waals surface area (Å²) < 4.78 is 92.2. The van der Waals surface area contributed by atoms with Crippen molar-refractivity contribution < 1.29 is 50.3 Å². The number of halogens is 6. The van der Waals surface area contributed by atoms with Crippen LogP contribution in [0.3, 0.4) is 0 Å². The molecule has 1 aromatic carbocycles. The van der Waals surface area contributed by atoms with Gasteiger partial charge in [0.05, 0.1) is 46.9 Å². The predicted octanol–water partition coefficient (Wildman–Crippen LogP) is 7.59. The van der Waals surface area contributed by atoms with Gasteiger partial charge < -0.3 is 19.3 Å². The molecule has 48 heavy (non-hydrogen) atoms. The third-order valence-electron chi connectivity index (χ3n) is 9.09. The van der Waals surface area contributed by atoms with E-state index in [1.165, 1.54) is 11.8 Å². The maximum absolute atomic E-state index is 13.6. The summed E-state index contributed by atoms with van der Waals surface area (Å²) in [5, 5.41) is 13.1. The smallest absolute Gasteiger partial charge is 0.416 e. The first-order valence-corrected chi connectivity index (χ1v) is 15.4. The maximum Gasteiger partial charge on any atom is 0.416 e. The molecule has 1 N–H and O–H groups in total. The summed E-state index contributed by atoms with van der Waals surface area (Å²) in [6.07, 6.45) is -7.64. The number of anilines is 1. The Morgan fingerprint density at radius 1 is 1.02 bits per heavy atom. The molecule has 0 radical (unpaired) electrons. The van der Waals surface area contributed by atoms with Gasteiger partial charge in [0.1, 0.15) is 17.6 Å². The van der Waals surface area contributed by atoms with Gasteiger partial charge in [-0.3, -0.25) is 9.69 Å². The normalized spacial score (nSPS) is 21.8. The fourth-order valence-electron chi connectivity index (χ4n) is 6.62. The number of carboxylic acid groups (broad SMARTS) is 1. The lowest BCUT2D eigenvalue weighted by Crippen LogP contribution is -2.34. The van der Waals surface area contributed by atoms with Crippen molar-refractivity contribution in [3.63, 3.8) is 0 Å². The van der Waals surface area contributed by atoms with E-state index in [0.717, 1.165) is 25.7 Å². The predicted molar refractivity (Wildman–Crippen MR) is 159 cm³/mol. The highest BCUT2D eigenvalue weighted by Crippen LogP contribution is 2.41. The van der Waals surface area contributed by atoms with Crippen molar-refractivity contribution in [2.75, 3.05) is 18.5 Å². The number of nitrogens with zero attached hydrogens (tertiary/aromatic N) is 5. The average Bonchev–Trinajstić information content (AvgIpc) is 3.48. The molecule has 1 unspecified atom stereocenters. The maximum atomic E-state index is 13.6. The third kappa shape index (κ3) is 7.51. The minimum Gasteiger partial charge on any atom is -0.481 e. The van der Waals surface area contributed by atoms with E-state index in [9.17, 15) is 35.9 Å². The van der Waals surface area contributed by atoms with Gasteiger partial charge in [0, 0.05) is 20.0 Å². The molecular weight excluding hydrogens is 648 g/mol.